The molecule has 2 aromatic rings. The van der Waals surface area contributed by atoms with Crippen molar-refractivity contribution in [3.05, 3.63) is 52.0 Å². The predicted molar refractivity (Wildman–Crippen MR) is 93.6 cm³/mol. The zero-order chi connectivity index (χ0) is 16.9. The molecule has 0 aliphatic carbocycles. The minimum absolute atomic E-state index is 0.000961. The molecule has 124 valence electrons. The highest BCUT2D eigenvalue weighted by molar-refractivity contribution is 7.12. The van der Waals surface area contributed by atoms with Crippen LogP contribution in [0.1, 0.15) is 27.2 Å². The lowest BCUT2D eigenvalue weighted by Gasteiger charge is -2.21. The molecule has 5 nitrogen and oxygen atoms in total. The summed E-state index contributed by atoms with van der Waals surface area (Å²) in [5.41, 5.74) is 1.69. The van der Waals surface area contributed by atoms with Crippen LogP contribution in [0.5, 0.6) is 0 Å². The Kier molecular flexibility index (Phi) is 5.24. The number of hydrogen-bond donors (Lipinski definition) is 0. The first-order chi connectivity index (χ1) is 11.7. The Morgan fingerprint density at radius 2 is 2.42 bits per heavy atom. The highest BCUT2D eigenvalue weighted by Gasteiger charge is 2.29. The third kappa shape index (κ3) is 3.81. The van der Waals surface area contributed by atoms with Gasteiger partial charge in [-0.1, -0.05) is 6.07 Å². The Bertz CT molecular complexity index is 737. The number of likely N-dealkylation sites (tertiary alicyclic amines) is 1. The molecule has 1 fully saturated rings. The van der Waals surface area contributed by atoms with Gasteiger partial charge >= 0.3 is 0 Å². The second-order valence-electron chi connectivity index (χ2n) is 6.24. The Morgan fingerprint density at radius 1 is 1.54 bits per heavy atom. The Labute approximate surface area is 146 Å². The first kappa shape index (κ1) is 16.6. The smallest absolute Gasteiger partial charge is 0.265 e. The van der Waals surface area contributed by atoms with Crippen LogP contribution in [0.2, 0.25) is 0 Å². The number of rotatable bonds is 5. The minimum Gasteiger partial charge on any atom is -0.338 e. The van der Waals surface area contributed by atoms with Gasteiger partial charge in [0.2, 0.25) is 0 Å². The van der Waals surface area contributed by atoms with E-state index in [9.17, 15) is 4.79 Å². The van der Waals surface area contributed by atoms with Crippen molar-refractivity contribution in [3.8, 4) is 6.07 Å². The predicted octanol–water partition coefficient (Wildman–Crippen LogP) is 2.61. The number of amides is 1. The van der Waals surface area contributed by atoms with Crippen LogP contribution in [0.25, 0.3) is 0 Å². The van der Waals surface area contributed by atoms with E-state index in [-0.39, 0.29) is 5.91 Å². The summed E-state index contributed by atoms with van der Waals surface area (Å²) >= 11 is 1.35. The number of carbonyl (C=O) groups is 1. The molecule has 1 saturated heterocycles. The molecule has 24 heavy (non-hydrogen) atoms. The van der Waals surface area contributed by atoms with E-state index in [0.29, 0.717) is 16.4 Å². The molecule has 0 unspecified atom stereocenters. The number of aromatic nitrogens is 1. The first-order valence-electron chi connectivity index (χ1n) is 8.01. The normalized spacial score (nSPS) is 17.2. The van der Waals surface area contributed by atoms with E-state index in [1.807, 2.05) is 17.2 Å². The molecule has 0 radical (unpaired) electrons. The van der Waals surface area contributed by atoms with Crippen molar-refractivity contribution >= 4 is 17.2 Å². The highest BCUT2D eigenvalue weighted by atomic mass is 32.1. The molecule has 3 rings (SSSR count). The Morgan fingerprint density at radius 3 is 3.17 bits per heavy atom. The van der Waals surface area contributed by atoms with Gasteiger partial charge in [0.15, 0.2) is 0 Å². The van der Waals surface area contributed by atoms with Crippen molar-refractivity contribution < 1.29 is 4.79 Å². The fourth-order valence-corrected chi connectivity index (χ4v) is 3.99. The van der Waals surface area contributed by atoms with Crippen molar-refractivity contribution in [1.29, 1.82) is 5.26 Å². The van der Waals surface area contributed by atoms with Crippen LogP contribution < -0.4 is 0 Å². The fourth-order valence-electron chi connectivity index (χ4n) is 3.18. The van der Waals surface area contributed by atoms with E-state index in [2.05, 4.69) is 29.1 Å². The summed E-state index contributed by atoms with van der Waals surface area (Å²) in [5, 5.41) is 10.9. The zero-order valence-electron chi connectivity index (χ0n) is 13.7. The average molecular weight is 340 g/mol. The topological polar surface area (TPSA) is 60.2 Å². The molecule has 1 atom stereocenters. The molecular formula is C18H20N4OS. The molecule has 3 heterocycles. The molecule has 0 N–H and O–H groups in total. The standard InChI is InChI=1S/C18H20N4OS/c1-21(11-14-3-2-6-20-10-14)12-15-4-7-22(13-15)18(23)17-16(9-19)5-8-24-17/h2-3,5-6,8,10,15H,4,7,11-13H2,1H3/t15-/m1/s1. The lowest BCUT2D eigenvalue weighted by atomic mass is 10.1. The summed E-state index contributed by atoms with van der Waals surface area (Å²) in [7, 11) is 2.10. The summed E-state index contributed by atoms with van der Waals surface area (Å²) in [6.07, 6.45) is 4.68. The largest absolute Gasteiger partial charge is 0.338 e. The third-order valence-corrected chi connectivity index (χ3v) is 5.20. The quantitative estimate of drug-likeness (QED) is 0.839. The summed E-state index contributed by atoms with van der Waals surface area (Å²) in [6, 6.07) is 7.84. The van der Waals surface area contributed by atoms with E-state index in [0.717, 1.165) is 32.6 Å². The number of nitrogens with zero attached hydrogens (tertiary/aromatic N) is 4. The van der Waals surface area contributed by atoms with Gasteiger partial charge in [-0.25, -0.2) is 0 Å². The number of carbonyl (C=O) groups excluding carboxylic acids is 1. The molecule has 2 aromatic heterocycles. The molecule has 1 amide bonds. The van der Waals surface area contributed by atoms with Gasteiger partial charge in [0.25, 0.3) is 5.91 Å². The van der Waals surface area contributed by atoms with Crippen molar-refractivity contribution in [2.75, 3.05) is 26.7 Å². The van der Waals surface area contributed by atoms with Crippen LogP contribution in [-0.4, -0.2) is 47.4 Å². The zero-order valence-corrected chi connectivity index (χ0v) is 14.5. The molecule has 6 heteroatoms. The summed E-state index contributed by atoms with van der Waals surface area (Å²) in [5.74, 6) is 0.472. The van der Waals surface area contributed by atoms with E-state index in [1.165, 1.54) is 16.9 Å². The molecule has 0 spiro atoms. The lowest BCUT2D eigenvalue weighted by Crippen LogP contribution is -2.31. The van der Waals surface area contributed by atoms with E-state index in [1.54, 1.807) is 17.6 Å². The maximum atomic E-state index is 12.6. The molecule has 1 aliphatic heterocycles. The van der Waals surface area contributed by atoms with Crippen LogP contribution in [0.15, 0.2) is 36.0 Å². The number of hydrogen-bond acceptors (Lipinski definition) is 5. The fraction of sp³-hybridized carbons (Fsp3) is 0.389. The van der Waals surface area contributed by atoms with Gasteiger partial charge in [-0.2, -0.15) is 5.26 Å². The van der Waals surface area contributed by atoms with Crippen LogP contribution in [0.3, 0.4) is 0 Å². The lowest BCUT2D eigenvalue weighted by molar-refractivity contribution is 0.0788. The van der Waals surface area contributed by atoms with Crippen molar-refractivity contribution in [2.24, 2.45) is 5.92 Å². The van der Waals surface area contributed by atoms with Gasteiger partial charge in [-0.3, -0.25) is 9.78 Å². The minimum atomic E-state index is -0.000961. The van der Waals surface area contributed by atoms with Crippen LogP contribution in [-0.2, 0) is 6.54 Å². The Balaban J connectivity index is 1.54. The van der Waals surface area contributed by atoms with Gasteiger partial charge in [-0.05, 0) is 42.5 Å². The van der Waals surface area contributed by atoms with Crippen LogP contribution in [0, 0.1) is 17.2 Å². The Hall–Kier alpha value is -2.23. The van der Waals surface area contributed by atoms with Crippen molar-refractivity contribution in [1.82, 2.24) is 14.8 Å². The number of nitriles is 1. The first-order valence-corrected chi connectivity index (χ1v) is 8.89. The van der Waals surface area contributed by atoms with E-state index >= 15 is 0 Å². The molecule has 1 aliphatic rings. The van der Waals surface area contributed by atoms with Gasteiger partial charge in [0.05, 0.1) is 5.56 Å². The second-order valence-corrected chi connectivity index (χ2v) is 7.16. The molecule has 0 saturated carbocycles. The maximum absolute atomic E-state index is 12.6. The van der Waals surface area contributed by atoms with Crippen LogP contribution >= 0.6 is 11.3 Å². The van der Waals surface area contributed by atoms with Gasteiger partial charge in [0, 0.05) is 38.6 Å². The number of pyridine rings is 1. The van der Waals surface area contributed by atoms with E-state index in [4.69, 9.17) is 5.26 Å². The molecular weight excluding hydrogens is 320 g/mol. The van der Waals surface area contributed by atoms with Crippen molar-refractivity contribution in [3.63, 3.8) is 0 Å². The number of thiophene rings is 1. The van der Waals surface area contributed by atoms with E-state index < -0.39 is 0 Å². The second kappa shape index (κ2) is 7.56. The SMILES string of the molecule is CN(Cc1cccnc1)C[C@H]1CCN(C(=O)c2sccc2C#N)C1. The average Bonchev–Trinajstić information content (AvgIpc) is 3.24. The van der Waals surface area contributed by atoms with Crippen LogP contribution in [0.4, 0.5) is 0 Å². The maximum Gasteiger partial charge on any atom is 0.265 e. The van der Waals surface area contributed by atoms with Gasteiger partial charge < -0.3 is 9.80 Å². The van der Waals surface area contributed by atoms with Gasteiger partial charge in [-0.15, -0.1) is 11.3 Å². The third-order valence-electron chi connectivity index (χ3n) is 4.30. The van der Waals surface area contributed by atoms with Gasteiger partial charge in [0.1, 0.15) is 10.9 Å². The monoisotopic (exact) mass is 340 g/mol. The molecule has 0 aromatic carbocycles. The summed E-state index contributed by atoms with van der Waals surface area (Å²) < 4.78 is 0. The van der Waals surface area contributed by atoms with Crippen molar-refractivity contribution in [2.45, 2.75) is 13.0 Å². The summed E-state index contributed by atoms with van der Waals surface area (Å²) in [6.45, 7) is 3.35. The molecule has 0 bridgehead atoms. The summed E-state index contributed by atoms with van der Waals surface area (Å²) in [4.78, 5) is 21.5. The highest BCUT2D eigenvalue weighted by Crippen LogP contribution is 2.24.